The SMILES string of the molecule is O=C(OC(OC(=O)c1ccc(F)cc1)OC(OC(=O)c1ccc(F)cc1)OC(=O)c1ccc(F)cc1)c1ccc(F)cc1. The Morgan fingerprint density at radius 2 is 0.558 bits per heavy atom. The fourth-order valence-electron chi connectivity index (χ4n) is 3.22. The van der Waals surface area contributed by atoms with Crippen LogP contribution in [-0.4, -0.2) is 36.8 Å². The van der Waals surface area contributed by atoms with E-state index in [4.69, 9.17) is 23.7 Å². The van der Waals surface area contributed by atoms with E-state index in [-0.39, 0.29) is 22.3 Å². The van der Waals surface area contributed by atoms with Crippen LogP contribution in [0.1, 0.15) is 41.4 Å². The molecule has 0 unspecified atom stereocenters. The van der Waals surface area contributed by atoms with Crippen molar-refractivity contribution in [2.75, 3.05) is 0 Å². The molecule has 0 aliphatic carbocycles. The van der Waals surface area contributed by atoms with Gasteiger partial charge in [-0.1, -0.05) is 0 Å². The lowest BCUT2D eigenvalue weighted by Gasteiger charge is -2.23. The molecule has 0 bridgehead atoms. The number of carbonyl (C=O) groups excluding carboxylic acids is 4. The number of carbonyl (C=O) groups is 4. The molecule has 4 aromatic rings. The van der Waals surface area contributed by atoms with Crippen LogP contribution in [0.15, 0.2) is 97.1 Å². The number of hydrogen-bond donors (Lipinski definition) is 0. The second-order valence-corrected chi connectivity index (χ2v) is 8.36. The van der Waals surface area contributed by atoms with Gasteiger partial charge in [-0.2, -0.15) is 0 Å². The molecule has 0 saturated heterocycles. The van der Waals surface area contributed by atoms with Crippen molar-refractivity contribution >= 4 is 23.9 Å². The third-order valence-corrected chi connectivity index (χ3v) is 5.35. The highest BCUT2D eigenvalue weighted by atomic mass is 19.1. The molecule has 0 fully saturated rings. The number of rotatable bonds is 10. The molecule has 0 aromatic heterocycles. The van der Waals surface area contributed by atoms with Crippen molar-refractivity contribution in [3.63, 3.8) is 0 Å². The molecule has 0 aliphatic rings. The van der Waals surface area contributed by atoms with Gasteiger partial charge in [0.15, 0.2) is 0 Å². The van der Waals surface area contributed by atoms with Gasteiger partial charge in [0.1, 0.15) is 23.3 Å². The summed E-state index contributed by atoms with van der Waals surface area (Å²) >= 11 is 0. The summed E-state index contributed by atoms with van der Waals surface area (Å²) in [6.07, 6.45) is 0. The van der Waals surface area contributed by atoms with Crippen molar-refractivity contribution in [2.24, 2.45) is 0 Å². The molecule has 4 aromatic carbocycles. The fraction of sp³-hybridized carbons (Fsp3) is 0.0667. The molecule has 0 spiro atoms. The predicted octanol–water partition coefficient (Wildman–Crippen LogP) is 5.55. The van der Waals surface area contributed by atoms with Crippen molar-refractivity contribution in [1.29, 1.82) is 0 Å². The van der Waals surface area contributed by atoms with Crippen LogP contribution in [0.5, 0.6) is 0 Å². The third kappa shape index (κ3) is 8.71. The van der Waals surface area contributed by atoms with Crippen LogP contribution >= 0.6 is 0 Å². The van der Waals surface area contributed by atoms with E-state index in [1.54, 1.807) is 0 Å². The molecule has 0 saturated carbocycles. The molecule has 0 atom stereocenters. The van der Waals surface area contributed by atoms with Gasteiger partial charge in [0.25, 0.3) is 0 Å². The normalized spacial score (nSPS) is 10.7. The lowest BCUT2D eigenvalue weighted by Crippen LogP contribution is -2.36. The van der Waals surface area contributed by atoms with Crippen molar-refractivity contribution < 1.29 is 60.4 Å². The van der Waals surface area contributed by atoms with Crippen LogP contribution in [0.25, 0.3) is 0 Å². The molecule has 43 heavy (non-hydrogen) atoms. The first-order valence-electron chi connectivity index (χ1n) is 12.1. The number of ether oxygens (including phenoxy) is 5. The standard InChI is InChI=1S/C30H18F4O9/c31-21-9-1-17(2-10-21)25(35)39-29(40-26(36)18-3-11-22(32)12-4-18)43-30(41-27(37)19-5-13-23(33)14-6-19)42-28(38)20-7-15-24(34)16-8-20/h1-16,29-30H. The van der Waals surface area contributed by atoms with Crippen LogP contribution in [0.3, 0.4) is 0 Å². The van der Waals surface area contributed by atoms with Gasteiger partial charge in [0, 0.05) is 0 Å². The molecule has 0 N–H and O–H groups in total. The average Bonchev–Trinajstić information content (AvgIpc) is 2.98. The van der Waals surface area contributed by atoms with E-state index in [1.165, 1.54) is 0 Å². The van der Waals surface area contributed by atoms with E-state index in [0.717, 1.165) is 97.1 Å². The summed E-state index contributed by atoms with van der Waals surface area (Å²) in [5.41, 5.74) is -0.904. The molecule has 0 amide bonds. The van der Waals surface area contributed by atoms with Crippen LogP contribution in [0.4, 0.5) is 17.6 Å². The Morgan fingerprint density at radius 1 is 0.372 bits per heavy atom. The Labute approximate surface area is 240 Å². The molecular formula is C30H18F4O9. The van der Waals surface area contributed by atoms with Gasteiger partial charge in [0.05, 0.1) is 22.3 Å². The van der Waals surface area contributed by atoms with Crippen LogP contribution < -0.4 is 0 Å². The molecule has 9 nitrogen and oxygen atoms in total. The van der Waals surface area contributed by atoms with Gasteiger partial charge >= 0.3 is 36.8 Å². The van der Waals surface area contributed by atoms with Crippen molar-refractivity contribution in [3.8, 4) is 0 Å². The highest BCUT2D eigenvalue weighted by molar-refractivity contribution is 5.92. The van der Waals surface area contributed by atoms with Gasteiger partial charge in [0.2, 0.25) is 0 Å². The molecule has 0 radical (unpaired) electrons. The van der Waals surface area contributed by atoms with E-state index >= 15 is 0 Å². The van der Waals surface area contributed by atoms with Crippen molar-refractivity contribution in [3.05, 3.63) is 143 Å². The average molecular weight is 598 g/mol. The maximum absolute atomic E-state index is 13.3. The smallest absolute Gasteiger partial charge is 0.371 e. The summed E-state index contributed by atoms with van der Waals surface area (Å²) < 4.78 is 78.7. The van der Waals surface area contributed by atoms with Crippen molar-refractivity contribution in [1.82, 2.24) is 0 Å². The number of esters is 4. The minimum atomic E-state index is -2.39. The quantitative estimate of drug-likeness (QED) is 0.132. The van der Waals surface area contributed by atoms with E-state index in [1.807, 2.05) is 0 Å². The second-order valence-electron chi connectivity index (χ2n) is 8.36. The lowest BCUT2D eigenvalue weighted by molar-refractivity contribution is -0.343. The topological polar surface area (TPSA) is 114 Å². The molecule has 13 heteroatoms. The Balaban J connectivity index is 1.61. The number of benzene rings is 4. The van der Waals surface area contributed by atoms with Crippen LogP contribution in [0.2, 0.25) is 0 Å². The first-order valence-corrected chi connectivity index (χ1v) is 12.1. The molecule has 4 rings (SSSR count). The highest BCUT2D eigenvalue weighted by Gasteiger charge is 2.31. The minimum absolute atomic E-state index is 0.226. The summed E-state index contributed by atoms with van der Waals surface area (Å²) in [5, 5.41) is 0. The first kappa shape index (κ1) is 30.4. The zero-order valence-corrected chi connectivity index (χ0v) is 21.6. The Bertz CT molecular complexity index is 1350. The fourth-order valence-corrected chi connectivity index (χ4v) is 3.22. The van der Waals surface area contributed by atoms with E-state index < -0.39 is 60.1 Å². The Hall–Kier alpha value is -5.56. The third-order valence-electron chi connectivity index (χ3n) is 5.35. The zero-order chi connectivity index (χ0) is 30.9. The largest absolute Gasteiger partial charge is 0.396 e. The summed E-state index contributed by atoms with van der Waals surface area (Å²) in [5.74, 6) is -7.56. The molecule has 220 valence electrons. The first-order chi connectivity index (χ1) is 20.6. The summed E-state index contributed by atoms with van der Waals surface area (Å²) in [6.45, 7) is -4.77. The van der Waals surface area contributed by atoms with E-state index in [2.05, 4.69) is 0 Å². The zero-order valence-electron chi connectivity index (χ0n) is 21.6. The molecule has 0 aliphatic heterocycles. The predicted molar refractivity (Wildman–Crippen MR) is 136 cm³/mol. The Kier molecular flexibility index (Phi) is 9.81. The lowest BCUT2D eigenvalue weighted by atomic mass is 10.2. The summed E-state index contributed by atoms with van der Waals surface area (Å²) in [7, 11) is 0. The summed E-state index contributed by atoms with van der Waals surface area (Å²) in [4.78, 5) is 50.8. The minimum Gasteiger partial charge on any atom is -0.396 e. The monoisotopic (exact) mass is 598 g/mol. The summed E-state index contributed by atoms with van der Waals surface area (Å²) in [6, 6.07) is 15.8. The maximum atomic E-state index is 13.3. The van der Waals surface area contributed by atoms with Gasteiger partial charge in [-0.15, -0.1) is 0 Å². The van der Waals surface area contributed by atoms with E-state index in [9.17, 15) is 36.7 Å². The highest BCUT2D eigenvalue weighted by Crippen LogP contribution is 2.17. The van der Waals surface area contributed by atoms with Crippen molar-refractivity contribution in [2.45, 2.75) is 13.0 Å². The Morgan fingerprint density at radius 3 is 0.744 bits per heavy atom. The molecular weight excluding hydrogens is 580 g/mol. The van der Waals surface area contributed by atoms with Crippen LogP contribution in [-0.2, 0) is 23.7 Å². The number of hydrogen-bond acceptors (Lipinski definition) is 9. The van der Waals surface area contributed by atoms with Gasteiger partial charge in [-0.25, -0.2) is 41.5 Å². The van der Waals surface area contributed by atoms with Crippen LogP contribution in [0, 0.1) is 23.3 Å². The van der Waals surface area contributed by atoms with Gasteiger partial charge in [-0.3, -0.25) is 0 Å². The van der Waals surface area contributed by atoms with Gasteiger partial charge in [-0.05, 0) is 97.1 Å². The number of halogens is 4. The van der Waals surface area contributed by atoms with E-state index in [0.29, 0.717) is 0 Å². The maximum Gasteiger partial charge on any atom is 0.371 e. The van der Waals surface area contributed by atoms with Gasteiger partial charge < -0.3 is 18.9 Å². The molecule has 0 heterocycles. The second kappa shape index (κ2) is 13.9.